The summed E-state index contributed by atoms with van der Waals surface area (Å²) < 4.78 is 13.0. The summed E-state index contributed by atoms with van der Waals surface area (Å²) in [7, 11) is 1.84. The summed E-state index contributed by atoms with van der Waals surface area (Å²) in [5.41, 5.74) is 0.962. The van der Waals surface area contributed by atoms with E-state index in [1.165, 1.54) is 12.1 Å². The quantitative estimate of drug-likeness (QED) is 0.929. The third-order valence-corrected chi connectivity index (χ3v) is 4.25. The van der Waals surface area contributed by atoms with E-state index in [-0.39, 0.29) is 36.1 Å². The Morgan fingerprint density at radius 1 is 1.38 bits per heavy atom. The van der Waals surface area contributed by atoms with Crippen LogP contribution in [0.2, 0.25) is 0 Å². The lowest BCUT2D eigenvalue weighted by molar-refractivity contribution is -0.137. The summed E-state index contributed by atoms with van der Waals surface area (Å²) in [6.45, 7) is 4.99. The van der Waals surface area contributed by atoms with Crippen molar-refractivity contribution < 1.29 is 9.18 Å². The number of rotatable bonds is 3. The Morgan fingerprint density at radius 3 is 2.57 bits per heavy atom. The first-order chi connectivity index (χ1) is 9.49. The molecule has 1 aliphatic heterocycles. The summed E-state index contributed by atoms with van der Waals surface area (Å²) in [6.07, 6.45) is 1.78. The minimum Gasteiger partial charge on any atom is -0.339 e. The van der Waals surface area contributed by atoms with Gasteiger partial charge in [-0.3, -0.25) is 4.79 Å². The molecule has 0 radical (unpaired) electrons. The van der Waals surface area contributed by atoms with Crippen LogP contribution in [-0.2, 0) is 4.79 Å². The fourth-order valence-electron chi connectivity index (χ4n) is 2.80. The lowest BCUT2D eigenvalue weighted by atomic mass is 9.91. The van der Waals surface area contributed by atoms with E-state index < -0.39 is 0 Å². The second kappa shape index (κ2) is 7.76. The number of nitrogens with zero attached hydrogens (tertiary/aromatic N) is 1. The highest BCUT2D eigenvalue weighted by Gasteiger charge is 2.29. The second-order valence-corrected chi connectivity index (χ2v) is 5.75. The van der Waals surface area contributed by atoms with Crippen LogP contribution in [0.1, 0.15) is 38.3 Å². The van der Waals surface area contributed by atoms with Gasteiger partial charge in [-0.05, 0) is 50.9 Å². The molecule has 1 heterocycles. The summed E-state index contributed by atoms with van der Waals surface area (Å²) in [6, 6.07) is 6.73. The highest BCUT2D eigenvalue weighted by molar-refractivity contribution is 5.85. The molecular formula is C16H24ClFN2O. The SMILES string of the molecule is CC(c1ccc(F)cc1)N(C)C(=O)[C@H]1CCN[C@@H](C)C1.Cl. The van der Waals surface area contributed by atoms with Crippen molar-refractivity contribution in [1.82, 2.24) is 10.2 Å². The molecule has 0 bridgehead atoms. The first kappa shape index (κ1) is 17.9. The van der Waals surface area contributed by atoms with Crippen LogP contribution in [-0.4, -0.2) is 30.4 Å². The van der Waals surface area contributed by atoms with Crippen molar-refractivity contribution in [2.45, 2.75) is 38.8 Å². The zero-order chi connectivity index (χ0) is 14.7. The molecule has 1 aliphatic rings. The highest BCUT2D eigenvalue weighted by Crippen LogP contribution is 2.24. The van der Waals surface area contributed by atoms with Crippen LogP contribution in [0, 0.1) is 11.7 Å². The number of hydrogen-bond acceptors (Lipinski definition) is 2. The largest absolute Gasteiger partial charge is 0.339 e. The van der Waals surface area contributed by atoms with Crippen molar-refractivity contribution in [2.75, 3.05) is 13.6 Å². The monoisotopic (exact) mass is 314 g/mol. The van der Waals surface area contributed by atoms with Crippen LogP contribution in [0.4, 0.5) is 4.39 Å². The minimum absolute atomic E-state index is 0. The molecule has 21 heavy (non-hydrogen) atoms. The zero-order valence-corrected chi connectivity index (χ0v) is 13.6. The van der Waals surface area contributed by atoms with Gasteiger partial charge < -0.3 is 10.2 Å². The fraction of sp³-hybridized carbons (Fsp3) is 0.562. The molecule has 0 aliphatic carbocycles. The molecule has 5 heteroatoms. The van der Waals surface area contributed by atoms with E-state index in [1.54, 1.807) is 17.0 Å². The standard InChI is InChI=1S/C16H23FN2O.ClH/c1-11-10-14(8-9-18-11)16(20)19(3)12(2)13-4-6-15(17)7-5-13;/h4-7,11-12,14,18H,8-10H2,1-3H3;1H/t11-,12?,14-;/m0./s1. The molecule has 3 atom stereocenters. The molecule has 1 N–H and O–H groups in total. The smallest absolute Gasteiger partial charge is 0.226 e. The van der Waals surface area contributed by atoms with Crippen LogP contribution in [0.15, 0.2) is 24.3 Å². The molecular weight excluding hydrogens is 291 g/mol. The zero-order valence-electron chi connectivity index (χ0n) is 12.8. The topological polar surface area (TPSA) is 32.3 Å². The van der Waals surface area contributed by atoms with Crippen LogP contribution in [0.25, 0.3) is 0 Å². The van der Waals surface area contributed by atoms with Gasteiger partial charge in [0.25, 0.3) is 0 Å². The Kier molecular flexibility index (Phi) is 6.62. The van der Waals surface area contributed by atoms with Crippen LogP contribution < -0.4 is 5.32 Å². The van der Waals surface area contributed by atoms with E-state index in [1.807, 2.05) is 14.0 Å². The average Bonchev–Trinajstić information content (AvgIpc) is 2.46. The lowest BCUT2D eigenvalue weighted by Gasteiger charge is -2.33. The van der Waals surface area contributed by atoms with Gasteiger partial charge in [0.05, 0.1) is 6.04 Å². The fourth-order valence-corrected chi connectivity index (χ4v) is 2.80. The van der Waals surface area contributed by atoms with E-state index in [9.17, 15) is 9.18 Å². The summed E-state index contributed by atoms with van der Waals surface area (Å²) in [5, 5.41) is 3.36. The number of nitrogens with one attached hydrogen (secondary N) is 1. The van der Waals surface area contributed by atoms with Crippen molar-refractivity contribution in [1.29, 1.82) is 0 Å². The molecule has 0 aromatic heterocycles. The van der Waals surface area contributed by atoms with Crippen molar-refractivity contribution in [3.05, 3.63) is 35.6 Å². The van der Waals surface area contributed by atoms with E-state index in [0.717, 1.165) is 24.9 Å². The predicted octanol–water partition coefficient (Wildman–Crippen LogP) is 3.16. The Hall–Kier alpha value is -1.13. The first-order valence-electron chi connectivity index (χ1n) is 7.24. The van der Waals surface area contributed by atoms with Crippen molar-refractivity contribution in [3.8, 4) is 0 Å². The maximum Gasteiger partial charge on any atom is 0.226 e. The van der Waals surface area contributed by atoms with Gasteiger partial charge >= 0.3 is 0 Å². The maximum atomic E-state index is 13.0. The molecule has 1 fully saturated rings. The molecule has 1 saturated heterocycles. The molecule has 3 nitrogen and oxygen atoms in total. The molecule has 1 unspecified atom stereocenters. The van der Waals surface area contributed by atoms with Gasteiger partial charge in [0.15, 0.2) is 0 Å². The van der Waals surface area contributed by atoms with Gasteiger partial charge in [-0.1, -0.05) is 12.1 Å². The van der Waals surface area contributed by atoms with Gasteiger partial charge in [0, 0.05) is 19.0 Å². The number of carbonyl (C=O) groups is 1. The van der Waals surface area contributed by atoms with Crippen molar-refractivity contribution in [2.24, 2.45) is 5.92 Å². The molecule has 1 amide bonds. The van der Waals surface area contributed by atoms with E-state index in [2.05, 4.69) is 12.2 Å². The Bertz CT molecular complexity index is 466. The summed E-state index contributed by atoms with van der Waals surface area (Å²) >= 11 is 0. The third kappa shape index (κ3) is 4.42. The number of hydrogen-bond donors (Lipinski definition) is 1. The Morgan fingerprint density at radius 2 is 2.00 bits per heavy atom. The van der Waals surface area contributed by atoms with Crippen molar-refractivity contribution in [3.63, 3.8) is 0 Å². The molecule has 1 aromatic rings. The number of benzene rings is 1. The van der Waals surface area contributed by atoms with E-state index in [4.69, 9.17) is 0 Å². The van der Waals surface area contributed by atoms with Gasteiger partial charge in [-0.2, -0.15) is 0 Å². The average molecular weight is 315 g/mol. The number of piperidine rings is 1. The van der Waals surface area contributed by atoms with Gasteiger partial charge in [-0.15, -0.1) is 12.4 Å². The second-order valence-electron chi connectivity index (χ2n) is 5.75. The molecule has 2 rings (SSSR count). The highest BCUT2D eigenvalue weighted by atomic mass is 35.5. The van der Waals surface area contributed by atoms with Gasteiger partial charge in [0.1, 0.15) is 5.82 Å². The maximum absolute atomic E-state index is 13.0. The molecule has 0 spiro atoms. The van der Waals surface area contributed by atoms with Crippen LogP contribution in [0.3, 0.4) is 0 Å². The Balaban J connectivity index is 0.00000220. The minimum atomic E-state index is -0.248. The number of carbonyl (C=O) groups excluding carboxylic acids is 1. The van der Waals surface area contributed by atoms with Crippen LogP contribution in [0.5, 0.6) is 0 Å². The van der Waals surface area contributed by atoms with E-state index >= 15 is 0 Å². The van der Waals surface area contributed by atoms with Crippen molar-refractivity contribution >= 4 is 18.3 Å². The summed E-state index contributed by atoms with van der Waals surface area (Å²) in [5.74, 6) is 0.0384. The molecule has 1 aromatic carbocycles. The summed E-state index contributed by atoms with van der Waals surface area (Å²) in [4.78, 5) is 14.3. The number of amides is 1. The van der Waals surface area contributed by atoms with Gasteiger partial charge in [0.2, 0.25) is 5.91 Å². The van der Waals surface area contributed by atoms with E-state index in [0.29, 0.717) is 6.04 Å². The molecule has 0 saturated carbocycles. The normalized spacial score (nSPS) is 23.0. The predicted molar refractivity (Wildman–Crippen MR) is 85.0 cm³/mol. The Labute approximate surface area is 132 Å². The lowest BCUT2D eigenvalue weighted by Crippen LogP contribution is -2.43. The third-order valence-electron chi connectivity index (χ3n) is 4.25. The molecule has 118 valence electrons. The number of halogens is 2. The van der Waals surface area contributed by atoms with Gasteiger partial charge in [-0.25, -0.2) is 4.39 Å². The van der Waals surface area contributed by atoms with Crippen LogP contribution >= 0.6 is 12.4 Å². The first-order valence-corrected chi connectivity index (χ1v) is 7.24.